The Morgan fingerprint density at radius 1 is 1.39 bits per heavy atom. The molecule has 0 unspecified atom stereocenters. The van der Waals surface area contributed by atoms with Crippen LogP contribution in [0.5, 0.6) is 0 Å². The number of fused-ring (bicyclic) bond motifs is 1. The van der Waals surface area contributed by atoms with Crippen molar-refractivity contribution in [2.45, 2.75) is 39.8 Å². The van der Waals surface area contributed by atoms with E-state index in [1.165, 1.54) is 6.92 Å². The van der Waals surface area contributed by atoms with Gasteiger partial charge in [0.05, 0.1) is 6.54 Å². The summed E-state index contributed by atoms with van der Waals surface area (Å²) in [6.07, 6.45) is 0.776. The van der Waals surface area contributed by atoms with Gasteiger partial charge in [-0.25, -0.2) is 0 Å². The standard InChI is InChI=1S/C17H23N3O3/c1-4-11(2)16-17(23)19-14-8-6-5-7-13(14)10-20(16)15(22)9-18-12(3)21/h5-8,11,16H,4,9-10H2,1-3H3,(H,18,21)(H,19,23)/t11-,16-/m0/s1. The monoisotopic (exact) mass is 317 g/mol. The first-order valence-corrected chi connectivity index (χ1v) is 7.86. The summed E-state index contributed by atoms with van der Waals surface area (Å²) < 4.78 is 0. The van der Waals surface area contributed by atoms with E-state index < -0.39 is 6.04 Å². The van der Waals surface area contributed by atoms with Crippen molar-refractivity contribution in [3.05, 3.63) is 29.8 Å². The molecule has 0 fully saturated rings. The fourth-order valence-corrected chi connectivity index (χ4v) is 2.74. The quantitative estimate of drug-likeness (QED) is 0.884. The molecule has 23 heavy (non-hydrogen) atoms. The first-order chi connectivity index (χ1) is 10.9. The number of carbonyl (C=O) groups excluding carboxylic acids is 3. The number of hydrogen-bond acceptors (Lipinski definition) is 3. The molecule has 0 bridgehead atoms. The van der Waals surface area contributed by atoms with E-state index in [-0.39, 0.29) is 30.2 Å². The molecule has 0 saturated heterocycles. The molecule has 1 aromatic rings. The number of nitrogens with one attached hydrogen (secondary N) is 2. The van der Waals surface area contributed by atoms with Crippen LogP contribution in [0.2, 0.25) is 0 Å². The molecular weight excluding hydrogens is 294 g/mol. The zero-order chi connectivity index (χ0) is 17.0. The van der Waals surface area contributed by atoms with Crippen LogP contribution in [0.15, 0.2) is 24.3 Å². The Labute approximate surface area is 136 Å². The lowest BCUT2D eigenvalue weighted by molar-refractivity contribution is -0.141. The molecule has 1 aliphatic rings. The van der Waals surface area contributed by atoms with Crippen molar-refractivity contribution >= 4 is 23.4 Å². The molecule has 6 nitrogen and oxygen atoms in total. The lowest BCUT2D eigenvalue weighted by Crippen LogP contribution is -2.51. The summed E-state index contributed by atoms with van der Waals surface area (Å²) in [5, 5.41) is 5.43. The van der Waals surface area contributed by atoms with Crippen LogP contribution >= 0.6 is 0 Å². The van der Waals surface area contributed by atoms with Gasteiger partial charge in [0.1, 0.15) is 6.04 Å². The minimum atomic E-state index is -0.548. The van der Waals surface area contributed by atoms with E-state index in [2.05, 4.69) is 10.6 Å². The largest absolute Gasteiger partial charge is 0.347 e. The molecule has 124 valence electrons. The van der Waals surface area contributed by atoms with Gasteiger partial charge >= 0.3 is 0 Å². The maximum absolute atomic E-state index is 12.6. The molecule has 3 amide bonds. The Morgan fingerprint density at radius 3 is 2.74 bits per heavy atom. The molecule has 0 spiro atoms. The SMILES string of the molecule is CC[C@H](C)[C@H]1C(=O)Nc2ccccc2CN1C(=O)CNC(C)=O. The van der Waals surface area contributed by atoms with Crippen LogP contribution in [0.25, 0.3) is 0 Å². The number of para-hydroxylation sites is 1. The highest BCUT2D eigenvalue weighted by Gasteiger charge is 2.36. The first kappa shape index (κ1) is 17.0. The maximum atomic E-state index is 12.6. The van der Waals surface area contributed by atoms with E-state index in [0.717, 1.165) is 17.7 Å². The Bertz CT molecular complexity index is 615. The smallest absolute Gasteiger partial charge is 0.247 e. The van der Waals surface area contributed by atoms with Crippen LogP contribution in [0.4, 0.5) is 5.69 Å². The van der Waals surface area contributed by atoms with Crippen LogP contribution in [0.1, 0.15) is 32.8 Å². The molecule has 2 atom stereocenters. The summed E-state index contributed by atoms with van der Waals surface area (Å²) in [5.41, 5.74) is 1.63. The number of rotatable bonds is 4. The van der Waals surface area contributed by atoms with Crippen molar-refractivity contribution in [3.63, 3.8) is 0 Å². The van der Waals surface area contributed by atoms with Gasteiger partial charge in [-0.15, -0.1) is 0 Å². The van der Waals surface area contributed by atoms with Crippen molar-refractivity contribution in [2.75, 3.05) is 11.9 Å². The van der Waals surface area contributed by atoms with E-state index >= 15 is 0 Å². The van der Waals surface area contributed by atoms with Crippen molar-refractivity contribution in [1.82, 2.24) is 10.2 Å². The lowest BCUT2D eigenvalue weighted by atomic mass is 9.96. The Hall–Kier alpha value is -2.37. The highest BCUT2D eigenvalue weighted by molar-refractivity contribution is 5.99. The minimum absolute atomic E-state index is 0.0191. The summed E-state index contributed by atoms with van der Waals surface area (Å²) in [7, 11) is 0. The molecule has 2 N–H and O–H groups in total. The second kappa shape index (κ2) is 7.26. The van der Waals surface area contributed by atoms with Crippen LogP contribution in [-0.4, -0.2) is 35.2 Å². The number of nitrogens with zero attached hydrogens (tertiary/aromatic N) is 1. The second-order valence-corrected chi connectivity index (χ2v) is 5.91. The van der Waals surface area contributed by atoms with Crippen LogP contribution in [0, 0.1) is 5.92 Å². The molecule has 0 aromatic heterocycles. The van der Waals surface area contributed by atoms with E-state index in [4.69, 9.17) is 0 Å². The zero-order valence-electron chi connectivity index (χ0n) is 13.8. The molecule has 1 aromatic carbocycles. The third kappa shape index (κ3) is 3.88. The van der Waals surface area contributed by atoms with Crippen LogP contribution < -0.4 is 10.6 Å². The van der Waals surface area contributed by atoms with E-state index in [1.54, 1.807) is 4.90 Å². The van der Waals surface area contributed by atoms with Gasteiger partial charge in [-0.2, -0.15) is 0 Å². The number of anilines is 1. The van der Waals surface area contributed by atoms with Gasteiger partial charge < -0.3 is 15.5 Å². The fourth-order valence-electron chi connectivity index (χ4n) is 2.74. The molecule has 1 heterocycles. The normalized spacial score (nSPS) is 18.5. The van der Waals surface area contributed by atoms with Crippen molar-refractivity contribution < 1.29 is 14.4 Å². The third-order valence-electron chi connectivity index (χ3n) is 4.21. The molecule has 2 rings (SSSR count). The highest BCUT2D eigenvalue weighted by atomic mass is 16.2. The highest BCUT2D eigenvalue weighted by Crippen LogP contribution is 2.27. The van der Waals surface area contributed by atoms with E-state index in [9.17, 15) is 14.4 Å². The minimum Gasteiger partial charge on any atom is -0.347 e. The summed E-state index contributed by atoms with van der Waals surface area (Å²) in [5.74, 6) is -0.679. The van der Waals surface area contributed by atoms with Crippen molar-refractivity contribution in [2.24, 2.45) is 5.92 Å². The van der Waals surface area contributed by atoms with Crippen LogP contribution in [0.3, 0.4) is 0 Å². The Balaban J connectivity index is 2.33. The van der Waals surface area contributed by atoms with Crippen LogP contribution in [-0.2, 0) is 20.9 Å². The molecule has 0 radical (unpaired) electrons. The van der Waals surface area contributed by atoms with Gasteiger partial charge in [-0.1, -0.05) is 38.5 Å². The van der Waals surface area contributed by atoms with Gasteiger partial charge in [-0.05, 0) is 17.5 Å². The van der Waals surface area contributed by atoms with Crippen molar-refractivity contribution in [3.8, 4) is 0 Å². The van der Waals surface area contributed by atoms with Gasteiger partial charge in [-0.3, -0.25) is 14.4 Å². The first-order valence-electron chi connectivity index (χ1n) is 7.86. The predicted molar refractivity (Wildman–Crippen MR) is 87.5 cm³/mol. The topological polar surface area (TPSA) is 78.5 Å². The molecule has 1 aliphatic heterocycles. The summed E-state index contributed by atoms with van der Waals surface area (Å²) in [6.45, 7) is 5.56. The summed E-state index contributed by atoms with van der Waals surface area (Å²) in [4.78, 5) is 37.9. The lowest BCUT2D eigenvalue weighted by Gasteiger charge is -2.32. The van der Waals surface area contributed by atoms with Gasteiger partial charge in [0.2, 0.25) is 17.7 Å². The molecule has 0 aliphatic carbocycles. The number of carbonyl (C=O) groups is 3. The van der Waals surface area contributed by atoms with Gasteiger partial charge in [0.15, 0.2) is 0 Å². The van der Waals surface area contributed by atoms with Crippen molar-refractivity contribution in [1.29, 1.82) is 0 Å². The summed E-state index contributed by atoms with van der Waals surface area (Å²) >= 11 is 0. The number of benzene rings is 1. The Kier molecular flexibility index (Phi) is 5.36. The predicted octanol–water partition coefficient (Wildman–Crippen LogP) is 1.52. The van der Waals surface area contributed by atoms with Gasteiger partial charge in [0, 0.05) is 19.2 Å². The average Bonchev–Trinajstić information content (AvgIpc) is 2.67. The number of amides is 3. The molecular formula is C17H23N3O3. The summed E-state index contributed by atoms with van der Waals surface area (Å²) in [6, 6.07) is 6.92. The zero-order valence-corrected chi connectivity index (χ0v) is 13.8. The second-order valence-electron chi connectivity index (χ2n) is 5.91. The molecule has 0 saturated carbocycles. The van der Waals surface area contributed by atoms with E-state index in [1.807, 2.05) is 38.1 Å². The van der Waals surface area contributed by atoms with Gasteiger partial charge in [0.25, 0.3) is 0 Å². The Morgan fingerprint density at radius 2 is 2.09 bits per heavy atom. The van der Waals surface area contributed by atoms with E-state index in [0.29, 0.717) is 6.54 Å². The average molecular weight is 317 g/mol. The number of hydrogen-bond donors (Lipinski definition) is 2. The third-order valence-corrected chi connectivity index (χ3v) is 4.21. The molecule has 6 heteroatoms. The fraction of sp³-hybridized carbons (Fsp3) is 0.471. The maximum Gasteiger partial charge on any atom is 0.247 e.